The van der Waals surface area contributed by atoms with E-state index in [9.17, 15) is 14.0 Å². The van der Waals surface area contributed by atoms with E-state index in [1.807, 2.05) is 49.4 Å². The van der Waals surface area contributed by atoms with Crippen molar-refractivity contribution < 1.29 is 14.0 Å². The number of hydrogen-bond donors (Lipinski definition) is 1. The van der Waals surface area contributed by atoms with Gasteiger partial charge in [0.1, 0.15) is 12.4 Å². The molecule has 0 aromatic heterocycles. The van der Waals surface area contributed by atoms with Crippen LogP contribution in [-0.2, 0) is 4.79 Å². The zero-order valence-electron chi connectivity index (χ0n) is 15.4. The van der Waals surface area contributed by atoms with Gasteiger partial charge in [-0.1, -0.05) is 48.0 Å². The molecule has 0 fully saturated rings. The molecule has 0 unspecified atom stereocenters. The van der Waals surface area contributed by atoms with Gasteiger partial charge in [0.2, 0.25) is 5.91 Å². The highest BCUT2D eigenvalue weighted by Crippen LogP contribution is 2.36. The SMILES string of the molecule is Cc1ccc(C(=O)N2CC(=O)Nc3ccc(F)cc3[C@@H]2c2ccccc2)cc1. The van der Waals surface area contributed by atoms with Crippen LogP contribution in [0, 0.1) is 12.7 Å². The molecule has 0 aliphatic carbocycles. The van der Waals surface area contributed by atoms with Crippen molar-refractivity contribution in [1.82, 2.24) is 4.90 Å². The number of hydrogen-bond acceptors (Lipinski definition) is 2. The molecular weight excluding hydrogens is 355 g/mol. The summed E-state index contributed by atoms with van der Waals surface area (Å²) in [4.78, 5) is 27.3. The minimum atomic E-state index is -0.584. The molecule has 5 heteroatoms. The summed E-state index contributed by atoms with van der Waals surface area (Å²) in [6, 6.07) is 20.2. The minimum absolute atomic E-state index is 0.122. The van der Waals surface area contributed by atoms with Crippen molar-refractivity contribution in [2.75, 3.05) is 11.9 Å². The Morgan fingerprint density at radius 3 is 2.46 bits per heavy atom. The first-order valence-electron chi connectivity index (χ1n) is 9.05. The number of anilines is 1. The van der Waals surface area contributed by atoms with Gasteiger partial charge in [0.15, 0.2) is 0 Å². The predicted octanol–water partition coefficient (Wildman–Crippen LogP) is 4.32. The Bertz CT molecular complexity index is 1030. The molecule has 140 valence electrons. The number of aryl methyl sites for hydroxylation is 1. The number of carbonyl (C=O) groups excluding carboxylic acids is 2. The van der Waals surface area contributed by atoms with E-state index >= 15 is 0 Å². The highest BCUT2D eigenvalue weighted by molar-refractivity contribution is 6.01. The molecule has 0 saturated heterocycles. The highest BCUT2D eigenvalue weighted by atomic mass is 19.1. The third kappa shape index (κ3) is 3.39. The fourth-order valence-corrected chi connectivity index (χ4v) is 3.52. The average molecular weight is 374 g/mol. The molecule has 4 nitrogen and oxygen atoms in total. The van der Waals surface area contributed by atoms with Gasteiger partial charge in [-0.15, -0.1) is 0 Å². The van der Waals surface area contributed by atoms with Crippen molar-refractivity contribution in [2.24, 2.45) is 0 Å². The first-order valence-corrected chi connectivity index (χ1v) is 9.05. The van der Waals surface area contributed by atoms with Gasteiger partial charge in [0.05, 0.1) is 6.04 Å². The van der Waals surface area contributed by atoms with E-state index in [-0.39, 0.29) is 18.4 Å². The summed E-state index contributed by atoms with van der Waals surface area (Å²) < 4.78 is 14.1. The Hall–Kier alpha value is -3.47. The Labute approximate surface area is 162 Å². The van der Waals surface area contributed by atoms with Crippen LogP contribution in [0.25, 0.3) is 0 Å². The maximum Gasteiger partial charge on any atom is 0.255 e. The normalized spacial score (nSPS) is 16.1. The summed E-state index contributed by atoms with van der Waals surface area (Å²) in [5, 5.41) is 2.80. The van der Waals surface area contributed by atoms with E-state index in [1.54, 1.807) is 18.2 Å². The molecule has 3 aromatic rings. The fourth-order valence-electron chi connectivity index (χ4n) is 3.52. The summed E-state index contributed by atoms with van der Waals surface area (Å²) in [6.45, 7) is 1.82. The second-order valence-corrected chi connectivity index (χ2v) is 6.89. The van der Waals surface area contributed by atoms with Gasteiger partial charge in [-0.25, -0.2) is 4.39 Å². The lowest BCUT2D eigenvalue weighted by atomic mass is 9.95. The summed E-state index contributed by atoms with van der Waals surface area (Å²) in [7, 11) is 0. The van der Waals surface area contributed by atoms with Gasteiger partial charge < -0.3 is 10.2 Å². The largest absolute Gasteiger partial charge is 0.324 e. The van der Waals surface area contributed by atoms with Crippen molar-refractivity contribution in [3.05, 3.63) is 101 Å². The predicted molar refractivity (Wildman–Crippen MR) is 106 cm³/mol. The molecule has 0 radical (unpaired) electrons. The van der Waals surface area contributed by atoms with E-state index in [0.717, 1.165) is 11.1 Å². The lowest BCUT2D eigenvalue weighted by Gasteiger charge is -2.30. The van der Waals surface area contributed by atoms with Crippen molar-refractivity contribution in [2.45, 2.75) is 13.0 Å². The van der Waals surface area contributed by atoms with Crippen molar-refractivity contribution in [1.29, 1.82) is 0 Å². The molecular formula is C23H19FN2O2. The Morgan fingerprint density at radius 2 is 1.75 bits per heavy atom. The number of benzene rings is 3. The first-order chi connectivity index (χ1) is 13.5. The summed E-state index contributed by atoms with van der Waals surface area (Å²) >= 11 is 0. The zero-order valence-corrected chi connectivity index (χ0v) is 15.4. The number of carbonyl (C=O) groups is 2. The van der Waals surface area contributed by atoms with E-state index in [2.05, 4.69) is 5.32 Å². The lowest BCUT2D eigenvalue weighted by molar-refractivity contribution is -0.117. The number of rotatable bonds is 2. The topological polar surface area (TPSA) is 49.4 Å². The number of halogens is 1. The molecule has 0 spiro atoms. The molecule has 2 amide bonds. The highest BCUT2D eigenvalue weighted by Gasteiger charge is 2.34. The molecule has 28 heavy (non-hydrogen) atoms. The monoisotopic (exact) mass is 374 g/mol. The maximum absolute atomic E-state index is 14.1. The second-order valence-electron chi connectivity index (χ2n) is 6.89. The van der Waals surface area contributed by atoms with Crippen LogP contribution in [0.4, 0.5) is 10.1 Å². The third-order valence-corrected chi connectivity index (χ3v) is 4.88. The summed E-state index contributed by atoms with van der Waals surface area (Å²) in [6.07, 6.45) is 0. The number of nitrogens with zero attached hydrogens (tertiary/aromatic N) is 1. The quantitative estimate of drug-likeness (QED) is 0.726. The fraction of sp³-hybridized carbons (Fsp3) is 0.130. The molecule has 0 saturated carbocycles. The number of amides is 2. The Balaban J connectivity index is 1.88. The van der Waals surface area contributed by atoms with Crippen LogP contribution in [0.2, 0.25) is 0 Å². The van der Waals surface area contributed by atoms with Gasteiger partial charge in [-0.05, 0) is 42.8 Å². The van der Waals surface area contributed by atoms with Crippen LogP contribution in [0.15, 0.2) is 72.8 Å². The van der Waals surface area contributed by atoms with Crippen LogP contribution in [0.3, 0.4) is 0 Å². The Morgan fingerprint density at radius 1 is 1.04 bits per heavy atom. The molecule has 1 atom stereocenters. The van der Waals surface area contributed by atoms with Crippen molar-refractivity contribution in [3.8, 4) is 0 Å². The van der Waals surface area contributed by atoms with Gasteiger partial charge >= 0.3 is 0 Å². The van der Waals surface area contributed by atoms with Gasteiger partial charge in [0, 0.05) is 16.8 Å². The van der Waals surface area contributed by atoms with E-state index in [0.29, 0.717) is 16.8 Å². The van der Waals surface area contributed by atoms with E-state index < -0.39 is 11.9 Å². The molecule has 1 aliphatic heterocycles. The number of fused-ring (bicyclic) bond motifs is 1. The van der Waals surface area contributed by atoms with Crippen molar-refractivity contribution in [3.63, 3.8) is 0 Å². The van der Waals surface area contributed by atoms with Crippen LogP contribution in [0.5, 0.6) is 0 Å². The summed E-state index contributed by atoms with van der Waals surface area (Å²) in [5.74, 6) is -1.01. The first kappa shape index (κ1) is 17.9. The Kier molecular flexibility index (Phi) is 4.65. The van der Waals surface area contributed by atoms with Gasteiger partial charge in [-0.3, -0.25) is 9.59 Å². The smallest absolute Gasteiger partial charge is 0.255 e. The molecule has 4 rings (SSSR count). The maximum atomic E-state index is 14.1. The average Bonchev–Trinajstić information content (AvgIpc) is 2.84. The van der Waals surface area contributed by atoms with Crippen LogP contribution in [-0.4, -0.2) is 23.3 Å². The minimum Gasteiger partial charge on any atom is -0.324 e. The lowest BCUT2D eigenvalue weighted by Crippen LogP contribution is -2.39. The standard InChI is InChI=1S/C23H19FN2O2/c1-15-7-9-17(10-8-15)23(28)26-14-21(27)25-20-12-11-18(24)13-19(20)22(26)16-5-3-2-4-6-16/h2-13,22H,14H2,1H3,(H,25,27)/t22-/m0/s1. The summed E-state index contributed by atoms with van der Waals surface area (Å²) in [5.41, 5.74) is 3.40. The second kappa shape index (κ2) is 7.27. The zero-order chi connectivity index (χ0) is 19.7. The molecule has 0 bridgehead atoms. The van der Waals surface area contributed by atoms with E-state index in [4.69, 9.17) is 0 Å². The number of nitrogens with one attached hydrogen (secondary N) is 1. The molecule has 1 N–H and O–H groups in total. The van der Waals surface area contributed by atoms with E-state index in [1.165, 1.54) is 17.0 Å². The van der Waals surface area contributed by atoms with Crippen LogP contribution < -0.4 is 5.32 Å². The van der Waals surface area contributed by atoms with Gasteiger partial charge in [0.25, 0.3) is 5.91 Å². The van der Waals surface area contributed by atoms with Crippen molar-refractivity contribution >= 4 is 17.5 Å². The van der Waals surface area contributed by atoms with Crippen LogP contribution >= 0.6 is 0 Å². The third-order valence-electron chi connectivity index (χ3n) is 4.88. The van der Waals surface area contributed by atoms with Gasteiger partial charge in [-0.2, -0.15) is 0 Å². The van der Waals surface area contributed by atoms with Crippen LogP contribution in [0.1, 0.15) is 33.1 Å². The molecule has 3 aromatic carbocycles. The molecule has 1 heterocycles. The molecule has 1 aliphatic rings.